The number of rotatable bonds is 4. The molecule has 5 rings (SSSR count). The first kappa shape index (κ1) is 21.3. The standard InChI is InChI=1S/C24H22F3N5O/c1-30-22(14-11-15(26)13-16(27)12-14)19-6-9-32(23(28)21(19)29-30)24(33)18-3-2-4-20-17(18)5-8-31(20)10-7-25/h2-5,8,11-13,23H,6-7,9-10,28H2,1H3/t23-/m1/s1. The van der Waals surface area contributed by atoms with Gasteiger partial charge in [-0.15, -0.1) is 0 Å². The Hall–Kier alpha value is -3.59. The summed E-state index contributed by atoms with van der Waals surface area (Å²) in [5.41, 5.74) is 9.95. The number of nitrogens with two attached hydrogens (primary N) is 1. The van der Waals surface area contributed by atoms with Gasteiger partial charge in [0.25, 0.3) is 5.91 Å². The molecule has 2 N–H and O–H groups in total. The number of amides is 1. The van der Waals surface area contributed by atoms with Crippen molar-refractivity contribution in [3.63, 3.8) is 0 Å². The molecule has 0 fully saturated rings. The molecule has 1 aliphatic rings. The Morgan fingerprint density at radius 1 is 1.18 bits per heavy atom. The number of aryl methyl sites for hydroxylation is 2. The minimum absolute atomic E-state index is 0.213. The lowest BCUT2D eigenvalue weighted by molar-refractivity contribution is 0.0664. The van der Waals surface area contributed by atoms with Crippen LogP contribution in [0.2, 0.25) is 0 Å². The molecule has 0 radical (unpaired) electrons. The summed E-state index contributed by atoms with van der Waals surface area (Å²) in [5, 5.41) is 5.22. The van der Waals surface area contributed by atoms with E-state index in [2.05, 4.69) is 5.10 Å². The van der Waals surface area contributed by atoms with Gasteiger partial charge in [0.05, 0.1) is 12.2 Å². The molecular formula is C24H22F3N5O. The van der Waals surface area contributed by atoms with Crippen molar-refractivity contribution in [3.05, 3.63) is 77.1 Å². The second-order valence-electron chi connectivity index (χ2n) is 8.12. The number of hydrogen-bond acceptors (Lipinski definition) is 3. The molecule has 3 heterocycles. The maximum Gasteiger partial charge on any atom is 0.256 e. The summed E-state index contributed by atoms with van der Waals surface area (Å²) < 4.78 is 43.8. The van der Waals surface area contributed by atoms with Crippen molar-refractivity contribution in [1.82, 2.24) is 19.2 Å². The minimum Gasteiger partial charge on any atom is -0.345 e. The highest BCUT2D eigenvalue weighted by atomic mass is 19.1. The topological polar surface area (TPSA) is 69.1 Å². The van der Waals surface area contributed by atoms with Gasteiger partial charge < -0.3 is 15.2 Å². The van der Waals surface area contributed by atoms with E-state index in [9.17, 15) is 18.0 Å². The summed E-state index contributed by atoms with van der Waals surface area (Å²) in [4.78, 5) is 15.0. The van der Waals surface area contributed by atoms with Crippen LogP contribution in [-0.2, 0) is 20.0 Å². The van der Waals surface area contributed by atoms with Crippen LogP contribution in [0.1, 0.15) is 27.8 Å². The number of hydrogen-bond donors (Lipinski definition) is 1. The van der Waals surface area contributed by atoms with Gasteiger partial charge >= 0.3 is 0 Å². The highest BCUT2D eigenvalue weighted by Crippen LogP contribution is 2.35. The molecule has 2 aromatic heterocycles. The van der Waals surface area contributed by atoms with Crippen LogP contribution < -0.4 is 5.73 Å². The van der Waals surface area contributed by atoms with Gasteiger partial charge in [-0.3, -0.25) is 9.48 Å². The fraction of sp³-hybridized carbons (Fsp3) is 0.250. The number of fused-ring (bicyclic) bond motifs is 2. The molecule has 0 saturated heterocycles. The molecule has 0 spiro atoms. The van der Waals surface area contributed by atoms with Crippen molar-refractivity contribution >= 4 is 16.8 Å². The van der Waals surface area contributed by atoms with Crippen molar-refractivity contribution in [1.29, 1.82) is 0 Å². The fourth-order valence-electron chi connectivity index (χ4n) is 4.72. The van der Waals surface area contributed by atoms with Gasteiger partial charge in [-0.25, -0.2) is 13.2 Å². The van der Waals surface area contributed by atoms with E-state index in [1.807, 2.05) is 6.07 Å². The van der Waals surface area contributed by atoms with Gasteiger partial charge in [0.1, 0.15) is 30.2 Å². The van der Waals surface area contributed by atoms with Crippen LogP contribution in [0.3, 0.4) is 0 Å². The van der Waals surface area contributed by atoms with Crippen LogP contribution in [0.25, 0.3) is 22.2 Å². The van der Waals surface area contributed by atoms with Crippen molar-refractivity contribution in [3.8, 4) is 11.3 Å². The first-order valence-corrected chi connectivity index (χ1v) is 10.6. The van der Waals surface area contributed by atoms with Gasteiger partial charge in [0.15, 0.2) is 0 Å². The first-order chi connectivity index (χ1) is 15.9. The van der Waals surface area contributed by atoms with E-state index in [1.165, 1.54) is 12.1 Å². The molecule has 0 aliphatic carbocycles. The number of aromatic nitrogens is 3. The quantitative estimate of drug-likeness (QED) is 0.509. The van der Waals surface area contributed by atoms with Gasteiger partial charge in [0.2, 0.25) is 0 Å². The van der Waals surface area contributed by atoms with E-state index < -0.39 is 24.5 Å². The zero-order chi connectivity index (χ0) is 23.3. The molecule has 33 heavy (non-hydrogen) atoms. The maximum absolute atomic E-state index is 13.8. The van der Waals surface area contributed by atoms with E-state index >= 15 is 0 Å². The third-order valence-electron chi connectivity index (χ3n) is 6.16. The van der Waals surface area contributed by atoms with E-state index in [-0.39, 0.29) is 12.5 Å². The Morgan fingerprint density at radius 2 is 1.94 bits per heavy atom. The molecular weight excluding hydrogens is 431 g/mol. The van der Waals surface area contributed by atoms with Gasteiger partial charge in [-0.05, 0) is 36.8 Å². The number of benzene rings is 2. The average Bonchev–Trinajstić information content (AvgIpc) is 3.34. The first-order valence-electron chi connectivity index (χ1n) is 10.6. The lowest BCUT2D eigenvalue weighted by Crippen LogP contribution is -2.44. The monoisotopic (exact) mass is 453 g/mol. The fourth-order valence-corrected chi connectivity index (χ4v) is 4.72. The molecule has 9 heteroatoms. The summed E-state index contributed by atoms with van der Waals surface area (Å²) in [6.07, 6.45) is 1.38. The van der Waals surface area contributed by atoms with Crippen molar-refractivity contribution in [2.24, 2.45) is 12.8 Å². The Kier molecular flexibility index (Phi) is 5.20. The highest BCUT2D eigenvalue weighted by molar-refractivity contribution is 6.06. The SMILES string of the molecule is Cn1nc2c(c1-c1cc(F)cc(F)c1)CCN(C(=O)c1cccc3c1ccn3CCF)[C@H]2N. The summed E-state index contributed by atoms with van der Waals surface area (Å²) in [7, 11) is 1.68. The number of halogens is 3. The van der Waals surface area contributed by atoms with Crippen molar-refractivity contribution < 1.29 is 18.0 Å². The third kappa shape index (κ3) is 3.48. The van der Waals surface area contributed by atoms with Crippen LogP contribution in [0, 0.1) is 11.6 Å². The molecule has 4 aromatic rings. The van der Waals surface area contributed by atoms with Crippen LogP contribution >= 0.6 is 0 Å². The van der Waals surface area contributed by atoms with Crippen LogP contribution in [0.4, 0.5) is 13.2 Å². The van der Waals surface area contributed by atoms with Crippen LogP contribution in [0.15, 0.2) is 48.7 Å². The Balaban J connectivity index is 1.51. The van der Waals surface area contributed by atoms with Gasteiger partial charge in [-0.2, -0.15) is 5.10 Å². The molecule has 1 atom stereocenters. The van der Waals surface area contributed by atoms with E-state index in [1.54, 1.807) is 45.6 Å². The molecule has 1 amide bonds. The van der Waals surface area contributed by atoms with Gasteiger partial charge in [0, 0.05) is 53.4 Å². The summed E-state index contributed by atoms with van der Waals surface area (Å²) in [5.74, 6) is -1.60. The molecule has 1 aliphatic heterocycles. The molecule has 0 bridgehead atoms. The second kappa shape index (κ2) is 8.08. The molecule has 0 saturated carbocycles. The summed E-state index contributed by atoms with van der Waals surface area (Å²) >= 11 is 0. The van der Waals surface area contributed by atoms with E-state index in [0.29, 0.717) is 35.5 Å². The molecule has 0 unspecified atom stereocenters. The van der Waals surface area contributed by atoms with Crippen LogP contribution in [0.5, 0.6) is 0 Å². The predicted molar refractivity (Wildman–Crippen MR) is 118 cm³/mol. The highest BCUT2D eigenvalue weighted by Gasteiger charge is 2.34. The van der Waals surface area contributed by atoms with Gasteiger partial charge in [-0.1, -0.05) is 6.07 Å². The number of alkyl halides is 1. The smallest absolute Gasteiger partial charge is 0.256 e. The molecule has 170 valence electrons. The van der Waals surface area contributed by atoms with Crippen molar-refractivity contribution in [2.75, 3.05) is 13.2 Å². The predicted octanol–water partition coefficient (Wildman–Crippen LogP) is 3.95. The normalized spacial score (nSPS) is 15.8. The maximum atomic E-state index is 13.8. The Labute approximate surface area is 188 Å². The van der Waals surface area contributed by atoms with E-state index in [0.717, 1.165) is 22.5 Å². The number of nitrogens with zero attached hydrogens (tertiary/aromatic N) is 4. The molecule has 6 nitrogen and oxygen atoms in total. The lowest BCUT2D eigenvalue weighted by atomic mass is 9.97. The summed E-state index contributed by atoms with van der Waals surface area (Å²) in [6, 6.07) is 10.5. The van der Waals surface area contributed by atoms with Crippen LogP contribution in [-0.4, -0.2) is 38.4 Å². The average molecular weight is 453 g/mol. The van der Waals surface area contributed by atoms with Crippen molar-refractivity contribution in [2.45, 2.75) is 19.1 Å². The zero-order valence-electron chi connectivity index (χ0n) is 17.9. The summed E-state index contributed by atoms with van der Waals surface area (Å²) in [6.45, 7) is 0.0368. The van der Waals surface area contributed by atoms with E-state index in [4.69, 9.17) is 5.73 Å². The largest absolute Gasteiger partial charge is 0.345 e. The Bertz CT molecular complexity index is 1360. The lowest BCUT2D eigenvalue weighted by Gasteiger charge is -2.32. The third-order valence-corrected chi connectivity index (χ3v) is 6.16. The minimum atomic E-state index is -0.817. The second-order valence-corrected chi connectivity index (χ2v) is 8.12. The molecule has 2 aromatic carbocycles. The Morgan fingerprint density at radius 3 is 2.67 bits per heavy atom. The number of carbonyl (C=O) groups is 1. The number of carbonyl (C=O) groups excluding carboxylic acids is 1. The zero-order valence-corrected chi connectivity index (χ0v) is 17.9.